The van der Waals surface area contributed by atoms with Gasteiger partial charge in [0.15, 0.2) is 0 Å². The Kier molecular flexibility index (Phi) is 3.76. The number of aromatic nitrogens is 1. The highest BCUT2D eigenvalue weighted by atomic mass is 16.6. The second-order valence-electron chi connectivity index (χ2n) is 4.84. The van der Waals surface area contributed by atoms with Crippen LogP contribution in [-0.4, -0.2) is 28.2 Å². The number of hydrogen-bond donors (Lipinski definition) is 2. The molecular formula is C12H17N3O3. The summed E-state index contributed by atoms with van der Waals surface area (Å²) >= 11 is 0. The van der Waals surface area contributed by atoms with E-state index in [-0.39, 0.29) is 17.7 Å². The summed E-state index contributed by atoms with van der Waals surface area (Å²) in [5, 5.41) is 22.7. The number of rotatable bonds is 6. The predicted octanol–water partition coefficient (Wildman–Crippen LogP) is 1.95. The van der Waals surface area contributed by atoms with Crippen molar-refractivity contribution in [2.24, 2.45) is 5.41 Å². The predicted molar refractivity (Wildman–Crippen MR) is 67.4 cm³/mol. The quantitative estimate of drug-likeness (QED) is 0.596. The van der Waals surface area contributed by atoms with Gasteiger partial charge in [-0.1, -0.05) is 6.42 Å². The third kappa shape index (κ3) is 2.76. The van der Waals surface area contributed by atoms with E-state index in [0.29, 0.717) is 5.82 Å². The number of pyridine rings is 1. The molecule has 1 aliphatic carbocycles. The number of nitro groups is 1. The monoisotopic (exact) mass is 251 g/mol. The van der Waals surface area contributed by atoms with Crippen molar-refractivity contribution < 1.29 is 10.0 Å². The maximum atomic E-state index is 10.5. The molecule has 0 atom stereocenters. The van der Waals surface area contributed by atoms with Crippen molar-refractivity contribution in [1.29, 1.82) is 0 Å². The van der Waals surface area contributed by atoms with E-state index in [4.69, 9.17) is 5.11 Å². The first kappa shape index (κ1) is 12.8. The van der Waals surface area contributed by atoms with Gasteiger partial charge in [0, 0.05) is 19.2 Å². The van der Waals surface area contributed by atoms with Crippen LogP contribution in [0.2, 0.25) is 0 Å². The fourth-order valence-electron chi connectivity index (χ4n) is 2.31. The SMILES string of the molecule is O=[N+]([O-])c1ccc(NCC2(CCO)CCC2)nc1. The van der Waals surface area contributed by atoms with E-state index in [9.17, 15) is 10.1 Å². The van der Waals surface area contributed by atoms with Gasteiger partial charge >= 0.3 is 0 Å². The summed E-state index contributed by atoms with van der Waals surface area (Å²) in [4.78, 5) is 14.0. The maximum absolute atomic E-state index is 10.5. The number of aliphatic hydroxyl groups excluding tert-OH is 1. The molecule has 2 rings (SSSR count). The molecule has 1 aromatic rings. The minimum absolute atomic E-state index is 0.00531. The van der Waals surface area contributed by atoms with Crippen LogP contribution in [0, 0.1) is 15.5 Å². The largest absolute Gasteiger partial charge is 0.396 e. The smallest absolute Gasteiger partial charge is 0.287 e. The van der Waals surface area contributed by atoms with Crippen molar-refractivity contribution in [2.75, 3.05) is 18.5 Å². The summed E-state index contributed by atoms with van der Waals surface area (Å²) in [6.45, 7) is 0.966. The third-order valence-electron chi connectivity index (χ3n) is 3.66. The lowest BCUT2D eigenvalue weighted by molar-refractivity contribution is -0.385. The lowest BCUT2D eigenvalue weighted by Crippen LogP contribution is -2.37. The number of aliphatic hydroxyl groups is 1. The second-order valence-corrected chi connectivity index (χ2v) is 4.84. The van der Waals surface area contributed by atoms with Gasteiger partial charge in [0.05, 0.1) is 4.92 Å². The van der Waals surface area contributed by atoms with E-state index in [1.54, 1.807) is 6.07 Å². The molecule has 1 aromatic heterocycles. The fourth-order valence-corrected chi connectivity index (χ4v) is 2.31. The van der Waals surface area contributed by atoms with Crippen molar-refractivity contribution in [2.45, 2.75) is 25.7 Å². The van der Waals surface area contributed by atoms with E-state index < -0.39 is 4.92 Å². The van der Waals surface area contributed by atoms with Crippen molar-refractivity contribution >= 4 is 11.5 Å². The first-order valence-electron chi connectivity index (χ1n) is 6.10. The minimum atomic E-state index is -0.462. The molecule has 1 aliphatic rings. The van der Waals surface area contributed by atoms with E-state index in [2.05, 4.69) is 10.3 Å². The number of nitrogens with one attached hydrogen (secondary N) is 1. The normalized spacial score (nSPS) is 16.9. The van der Waals surface area contributed by atoms with Crippen LogP contribution >= 0.6 is 0 Å². The molecule has 18 heavy (non-hydrogen) atoms. The molecule has 1 heterocycles. The first-order chi connectivity index (χ1) is 8.65. The van der Waals surface area contributed by atoms with Gasteiger partial charge in [-0.3, -0.25) is 10.1 Å². The Bertz CT molecular complexity index is 415. The number of anilines is 1. The highest BCUT2D eigenvalue weighted by Gasteiger charge is 2.36. The standard InChI is InChI=1S/C12H17N3O3/c16-7-6-12(4-1-5-12)9-14-11-3-2-10(8-13-11)15(17)18/h2-3,8,16H,1,4-7,9H2,(H,13,14). The summed E-state index contributed by atoms with van der Waals surface area (Å²) in [6, 6.07) is 3.05. The van der Waals surface area contributed by atoms with Gasteiger partial charge in [-0.15, -0.1) is 0 Å². The molecule has 2 N–H and O–H groups in total. The molecule has 0 radical (unpaired) electrons. The number of nitrogens with zero attached hydrogens (tertiary/aromatic N) is 2. The van der Waals surface area contributed by atoms with Crippen molar-refractivity contribution in [3.63, 3.8) is 0 Å². The molecule has 0 unspecified atom stereocenters. The van der Waals surface area contributed by atoms with Crippen molar-refractivity contribution in [1.82, 2.24) is 4.98 Å². The highest BCUT2D eigenvalue weighted by Crippen LogP contribution is 2.43. The Morgan fingerprint density at radius 2 is 2.28 bits per heavy atom. The van der Waals surface area contributed by atoms with Gasteiger partial charge in [-0.25, -0.2) is 4.98 Å². The molecule has 98 valence electrons. The fraction of sp³-hybridized carbons (Fsp3) is 0.583. The number of hydrogen-bond acceptors (Lipinski definition) is 5. The Morgan fingerprint density at radius 3 is 2.72 bits per heavy atom. The molecule has 6 nitrogen and oxygen atoms in total. The minimum Gasteiger partial charge on any atom is -0.396 e. The maximum Gasteiger partial charge on any atom is 0.287 e. The van der Waals surface area contributed by atoms with E-state index >= 15 is 0 Å². The van der Waals surface area contributed by atoms with Gasteiger partial charge in [0.2, 0.25) is 0 Å². The summed E-state index contributed by atoms with van der Waals surface area (Å²) < 4.78 is 0. The zero-order chi connectivity index (χ0) is 13.0. The molecule has 6 heteroatoms. The zero-order valence-corrected chi connectivity index (χ0v) is 10.1. The molecular weight excluding hydrogens is 234 g/mol. The van der Waals surface area contributed by atoms with Crippen molar-refractivity contribution in [3.8, 4) is 0 Å². The molecule has 0 amide bonds. The summed E-state index contributed by atoms with van der Waals surface area (Å²) in [5.41, 5.74) is 0.173. The summed E-state index contributed by atoms with van der Waals surface area (Å²) in [6.07, 6.45) is 5.49. The van der Waals surface area contributed by atoms with Gasteiger partial charge in [0.25, 0.3) is 5.69 Å². The average Bonchev–Trinajstić information content (AvgIpc) is 2.33. The molecule has 1 saturated carbocycles. The molecule has 0 aliphatic heterocycles. The lowest BCUT2D eigenvalue weighted by atomic mass is 9.67. The third-order valence-corrected chi connectivity index (χ3v) is 3.66. The van der Waals surface area contributed by atoms with E-state index in [0.717, 1.165) is 25.8 Å². The summed E-state index contributed by atoms with van der Waals surface area (Å²) in [7, 11) is 0. The molecule has 0 aromatic carbocycles. The molecule has 1 fully saturated rings. The van der Waals surface area contributed by atoms with Crippen LogP contribution < -0.4 is 5.32 Å². The van der Waals surface area contributed by atoms with E-state index in [1.807, 2.05) is 0 Å². The van der Waals surface area contributed by atoms with Crippen LogP contribution in [0.3, 0.4) is 0 Å². The first-order valence-corrected chi connectivity index (χ1v) is 6.10. The molecule has 0 saturated heterocycles. The highest BCUT2D eigenvalue weighted by molar-refractivity contribution is 5.40. The zero-order valence-electron chi connectivity index (χ0n) is 10.1. The van der Waals surface area contributed by atoms with Gasteiger partial charge in [-0.2, -0.15) is 0 Å². The van der Waals surface area contributed by atoms with Crippen LogP contribution in [0.25, 0.3) is 0 Å². The van der Waals surface area contributed by atoms with Gasteiger partial charge < -0.3 is 10.4 Å². The van der Waals surface area contributed by atoms with Crippen LogP contribution in [0.15, 0.2) is 18.3 Å². The topological polar surface area (TPSA) is 88.3 Å². The van der Waals surface area contributed by atoms with Crippen LogP contribution in [-0.2, 0) is 0 Å². The van der Waals surface area contributed by atoms with Gasteiger partial charge in [-0.05, 0) is 30.7 Å². The Morgan fingerprint density at radius 1 is 1.50 bits per heavy atom. The van der Waals surface area contributed by atoms with E-state index in [1.165, 1.54) is 18.7 Å². The van der Waals surface area contributed by atoms with Crippen LogP contribution in [0.5, 0.6) is 0 Å². The average molecular weight is 251 g/mol. The molecule has 0 bridgehead atoms. The Hall–Kier alpha value is -1.69. The van der Waals surface area contributed by atoms with Gasteiger partial charge in [0.1, 0.15) is 12.0 Å². The summed E-state index contributed by atoms with van der Waals surface area (Å²) in [5.74, 6) is 0.643. The Balaban J connectivity index is 1.91. The van der Waals surface area contributed by atoms with Crippen LogP contribution in [0.4, 0.5) is 11.5 Å². The lowest BCUT2D eigenvalue weighted by Gasteiger charge is -2.41. The van der Waals surface area contributed by atoms with Crippen molar-refractivity contribution in [3.05, 3.63) is 28.4 Å². The molecule has 0 spiro atoms. The second kappa shape index (κ2) is 5.30. The Labute approximate surface area is 105 Å². The van der Waals surface area contributed by atoms with Crippen LogP contribution in [0.1, 0.15) is 25.7 Å².